The number of benzene rings is 1. The van der Waals surface area contributed by atoms with Gasteiger partial charge in [-0.1, -0.05) is 31.9 Å². The zero-order valence-corrected chi connectivity index (χ0v) is 11.2. The van der Waals surface area contributed by atoms with Gasteiger partial charge in [0.05, 0.1) is 0 Å². The van der Waals surface area contributed by atoms with E-state index in [4.69, 9.17) is 0 Å². The van der Waals surface area contributed by atoms with Gasteiger partial charge in [-0.2, -0.15) is 0 Å². The van der Waals surface area contributed by atoms with Crippen molar-refractivity contribution in [1.29, 1.82) is 0 Å². The van der Waals surface area contributed by atoms with Gasteiger partial charge in [0.25, 0.3) is 0 Å². The van der Waals surface area contributed by atoms with Gasteiger partial charge >= 0.3 is 0 Å². The van der Waals surface area contributed by atoms with Crippen LogP contribution in [-0.4, -0.2) is 6.26 Å². The molecule has 0 nitrogen and oxygen atoms in total. The average Bonchev–Trinajstić information content (AvgIpc) is 3.14. The van der Waals surface area contributed by atoms with Gasteiger partial charge in [-0.25, -0.2) is 4.39 Å². The fourth-order valence-electron chi connectivity index (χ4n) is 2.05. The Kier molecular flexibility index (Phi) is 4.27. The molecule has 1 saturated carbocycles. The highest BCUT2D eigenvalue weighted by atomic mass is 32.2. The summed E-state index contributed by atoms with van der Waals surface area (Å²) < 4.78 is 13.6. The number of aryl methyl sites for hydroxylation is 1. The first-order valence-corrected chi connectivity index (χ1v) is 7.45. The van der Waals surface area contributed by atoms with Crippen LogP contribution in [0.4, 0.5) is 4.39 Å². The minimum absolute atomic E-state index is 0.0709. The number of halogens is 1. The second-order valence-electron chi connectivity index (χ2n) is 4.77. The van der Waals surface area contributed by atoms with Crippen LogP contribution in [0.15, 0.2) is 24.8 Å². The highest BCUT2D eigenvalue weighted by molar-refractivity contribution is 8.07. The summed E-state index contributed by atoms with van der Waals surface area (Å²) in [4.78, 5) is 1.01. The van der Waals surface area contributed by atoms with Crippen molar-refractivity contribution >= 4 is 16.7 Å². The summed E-state index contributed by atoms with van der Waals surface area (Å²) >= 11 is 1.61. The van der Waals surface area contributed by atoms with Crippen molar-refractivity contribution in [1.82, 2.24) is 0 Å². The first-order chi connectivity index (χ1) is 8.20. The number of hydrogen-bond donors (Lipinski definition) is 0. The Morgan fingerprint density at radius 2 is 2.24 bits per heavy atom. The molecule has 17 heavy (non-hydrogen) atoms. The highest BCUT2D eigenvalue weighted by Gasteiger charge is 2.20. The van der Waals surface area contributed by atoms with E-state index in [-0.39, 0.29) is 5.82 Å². The van der Waals surface area contributed by atoms with E-state index in [9.17, 15) is 4.39 Å². The van der Waals surface area contributed by atoms with Crippen LogP contribution in [0.3, 0.4) is 0 Å². The third-order valence-electron chi connectivity index (χ3n) is 3.37. The smallest absolute Gasteiger partial charge is 0.126 e. The molecule has 0 atom stereocenters. The van der Waals surface area contributed by atoms with Crippen molar-refractivity contribution in [3.63, 3.8) is 0 Å². The lowest BCUT2D eigenvalue weighted by atomic mass is 10.0. The maximum absolute atomic E-state index is 13.6. The Morgan fingerprint density at radius 1 is 1.47 bits per heavy atom. The minimum Gasteiger partial charge on any atom is -0.207 e. The SMILES string of the molecule is C=C(SC)c1ccc(F)c(CCCC2CC2)c1. The quantitative estimate of drug-likeness (QED) is 0.692. The maximum atomic E-state index is 13.6. The van der Waals surface area contributed by atoms with Gasteiger partial charge in [-0.05, 0) is 48.3 Å². The van der Waals surface area contributed by atoms with E-state index in [1.807, 2.05) is 18.4 Å². The van der Waals surface area contributed by atoms with E-state index in [2.05, 4.69) is 6.58 Å². The first-order valence-electron chi connectivity index (χ1n) is 6.22. The third-order valence-corrected chi connectivity index (χ3v) is 4.10. The maximum Gasteiger partial charge on any atom is 0.126 e. The minimum atomic E-state index is -0.0709. The Morgan fingerprint density at radius 3 is 2.88 bits per heavy atom. The molecule has 0 amide bonds. The largest absolute Gasteiger partial charge is 0.207 e. The zero-order valence-electron chi connectivity index (χ0n) is 10.3. The lowest BCUT2D eigenvalue weighted by Crippen LogP contribution is -1.93. The van der Waals surface area contributed by atoms with Gasteiger partial charge < -0.3 is 0 Å². The molecular weight excluding hydrogens is 231 g/mol. The van der Waals surface area contributed by atoms with Gasteiger partial charge in [0.1, 0.15) is 5.82 Å². The van der Waals surface area contributed by atoms with Crippen LogP contribution in [-0.2, 0) is 6.42 Å². The molecule has 2 heteroatoms. The van der Waals surface area contributed by atoms with E-state index in [0.717, 1.165) is 34.8 Å². The van der Waals surface area contributed by atoms with Crippen molar-refractivity contribution in [2.45, 2.75) is 32.1 Å². The summed E-state index contributed by atoms with van der Waals surface area (Å²) in [7, 11) is 0. The molecular formula is C15H19FS. The molecule has 0 bridgehead atoms. The molecule has 0 saturated heterocycles. The summed E-state index contributed by atoms with van der Waals surface area (Å²) in [5.41, 5.74) is 1.90. The van der Waals surface area contributed by atoms with Gasteiger partial charge in [0.2, 0.25) is 0 Å². The third kappa shape index (κ3) is 3.60. The zero-order chi connectivity index (χ0) is 12.3. The van der Waals surface area contributed by atoms with Crippen LogP contribution in [0.25, 0.3) is 4.91 Å². The van der Waals surface area contributed by atoms with E-state index in [1.54, 1.807) is 17.8 Å². The topological polar surface area (TPSA) is 0 Å². The fraction of sp³-hybridized carbons (Fsp3) is 0.467. The van der Waals surface area contributed by atoms with Crippen LogP contribution in [0, 0.1) is 11.7 Å². The van der Waals surface area contributed by atoms with E-state index < -0.39 is 0 Å². The Labute approximate surface area is 107 Å². The molecule has 0 N–H and O–H groups in total. The van der Waals surface area contributed by atoms with Crippen molar-refractivity contribution in [3.8, 4) is 0 Å². The Balaban J connectivity index is 2.00. The number of rotatable bonds is 6. The van der Waals surface area contributed by atoms with Crippen LogP contribution in [0.5, 0.6) is 0 Å². The van der Waals surface area contributed by atoms with Gasteiger partial charge in [0.15, 0.2) is 0 Å². The molecule has 0 aromatic heterocycles. The monoisotopic (exact) mass is 250 g/mol. The second-order valence-corrected chi connectivity index (χ2v) is 5.67. The molecule has 0 radical (unpaired) electrons. The second kappa shape index (κ2) is 5.72. The average molecular weight is 250 g/mol. The van der Waals surface area contributed by atoms with Crippen LogP contribution < -0.4 is 0 Å². The molecule has 2 rings (SSSR count). The van der Waals surface area contributed by atoms with Crippen molar-refractivity contribution < 1.29 is 4.39 Å². The van der Waals surface area contributed by atoms with Crippen LogP contribution >= 0.6 is 11.8 Å². The summed E-state index contributed by atoms with van der Waals surface area (Å²) in [5, 5.41) is 0. The van der Waals surface area contributed by atoms with Gasteiger partial charge in [0, 0.05) is 4.91 Å². The van der Waals surface area contributed by atoms with E-state index in [1.165, 1.54) is 19.3 Å². The van der Waals surface area contributed by atoms with Crippen molar-refractivity contribution in [2.75, 3.05) is 6.26 Å². The highest BCUT2D eigenvalue weighted by Crippen LogP contribution is 2.34. The van der Waals surface area contributed by atoms with Crippen molar-refractivity contribution in [2.24, 2.45) is 5.92 Å². The molecule has 0 heterocycles. The summed E-state index contributed by atoms with van der Waals surface area (Å²) in [6.07, 6.45) is 7.98. The Hall–Kier alpha value is -0.760. The predicted octanol–water partition coefficient (Wildman–Crippen LogP) is 4.89. The first kappa shape index (κ1) is 12.7. The molecule has 0 aliphatic heterocycles. The fourth-order valence-corrected chi connectivity index (χ4v) is 2.41. The van der Waals surface area contributed by atoms with Crippen molar-refractivity contribution in [3.05, 3.63) is 41.7 Å². The van der Waals surface area contributed by atoms with Gasteiger partial charge in [-0.15, -0.1) is 11.8 Å². The number of thioether (sulfide) groups is 1. The molecule has 1 fully saturated rings. The molecule has 1 aromatic rings. The predicted molar refractivity (Wildman–Crippen MR) is 74.6 cm³/mol. The summed E-state index contributed by atoms with van der Waals surface area (Å²) in [6.45, 7) is 3.97. The molecule has 92 valence electrons. The van der Waals surface area contributed by atoms with E-state index in [0.29, 0.717) is 0 Å². The lowest BCUT2D eigenvalue weighted by molar-refractivity contribution is 0.592. The Bertz CT molecular complexity index is 407. The van der Waals surface area contributed by atoms with E-state index >= 15 is 0 Å². The number of hydrogen-bond acceptors (Lipinski definition) is 1. The lowest BCUT2D eigenvalue weighted by Gasteiger charge is -2.07. The summed E-state index contributed by atoms with van der Waals surface area (Å²) in [5.74, 6) is 0.862. The van der Waals surface area contributed by atoms with Crippen LogP contribution in [0.1, 0.15) is 36.8 Å². The molecule has 0 unspecified atom stereocenters. The summed E-state index contributed by atoms with van der Waals surface area (Å²) in [6, 6.07) is 5.35. The van der Waals surface area contributed by atoms with Crippen LogP contribution in [0.2, 0.25) is 0 Å². The molecule has 1 aliphatic rings. The van der Waals surface area contributed by atoms with Gasteiger partial charge in [-0.3, -0.25) is 0 Å². The molecule has 1 aromatic carbocycles. The standard InChI is InChI=1S/C15H19FS/c1-11(17-2)13-8-9-15(16)14(10-13)5-3-4-12-6-7-12/h8-10,12H,1,3-7H2,2H3. The molecule has 1 aliphatic carbocycles. The molecule has 0 spiro atoms. The normalized spacial score (nSPS) is 14.9.